The Kier molecular flexibility index (Phi) is 3.04. The topological polar surface area (TPSA) is 50.9 Å². The third kappa shape index (κ3) is 1.59. The molecule has 1 aliphatic rings. The first-order chi connectivity index (χ1) is 6.43. The van der Waals surface area contributed by atoms with Gasteiger partial charge in [-0.05, 0) is 27.7 Å². The van der Waals surface area contributed by atoms with Gasteiger partial charge in [-0.1, -0.05) is 0 Å². The SMILES string of the molecule is COC(C)C1(C)CN=C(N)N1C(C)C. The minimum Gasteiger partial charge on any atom is -0.379 e. The Morgan fingerprint density at radius 1 is 1.50 bits per heavy atom. The van der Waals surface area contributed by atoms with E-state index in [1.807, 2.05) is 0 Å². The van der Waals surface area contributed by atoms with Crippen molar-refractivity contribution in [1.29, 1.82) is 0 Å². The summed E-state index contributed by atoms with van der Waals surface area (Å²) in [5.41, 5.74) is 5.76. The van der Waals surface area contributed by atoms with Crippen molar-refractivity contribution in [3.63, 3.8) is 0 Å². The van der Waals surface area contributed by atoms with E-state index in [9.17, 15) is 0 Å². The van der Waals surface area contributed by atoms with Crippen molar-refractivity contribution >= 4 is 5.96 Å². The highest BCUT2D eigenvalue weighted by atomic mass is 16.5. The molecule has 2 N–H and O–H groups in total. The molecule has 0 amide bonds. The summed E-state index contributed by atoms with van der Waals surface area (Å²) in [5, 5.41) is 0. The van der Waals surface area contributed by atoms with Crippen LogP contribution >= 0.6 is 0 Å². The highest BCUT2D eigenvalue weighted by Crippen LogP contribution is 2.28. The van der Waals surface area contributed by atoms with E-state index in [2.05, 4.69) is 37.6 Å². The van der Waals surface area contributed by atoms with Crippen molar-refractivity contribution in [2.75, 3.05) is 13.7 Å². The second-order valence-corrected chi connectivity index (χ2v) is 4.37. The lowest BCUT2D eigenvalue weighted by Gasteiger charge is -2.42. The number of nitrogens with two attached hydrogens (primary N) is 1. The van der Waals surface area contributed by atoms with Gasteiger partial charge >= 0.3 is 0 Å². The van der Waals surface area contributed by atoms with Gasteiger partial charge in [0.15, 0.2) is 5.96 Å². The maximum atomic E-state index is 5.87. The predicted molar refractivity (Wildman–Crippen MR) is 58.3 cm³/mol. The molecule has 0 saturated carbocycles. The van der Waals surface area contributed by atoms with Gasteiger partial charge in [0.1, 0.15) is 0 Å². The average Bonchev–Trinajstić information content (AvgIpc) is 2.42. The molecule has 4 heteroatoms. The Labute approximate surface area is 86.1 Å². The molecule has 0 radical (unpaired) electrons. The Bertz CT molecular complexity index is 240. The monoisotopic (exact) mass is 199 g/mol. The molecule has 2 atom stereocenters. The first kappa shape index (κ1) is 11.3. The van der Waals surface area contributed by atoms with Crippen LogP contribution in [-0.2, 0) is 4.74 Å². The van der Waals surface area contributed by atoms with Gasteiger partial charge in [0.25, 0.3) is 0 Å². The van der Waals surface area contributed by atoms with Crippen LogP contribution in [0.4, 0.5) is 0 Å². The second kappa shape index (κ2) is 3.77. The van der Waals surface area contributed by atoms with Gasteiger partial charge in [-0.3, -0.25) is 4.99 Å². The predicted octanol–water partition coefficient (Wildman–Crippen LogP) is 0.819. The zero-order valence-electron chi connectivity index (χ0n) is 9.74. The van der Waals surface area contributed by atoms with E-state index in [4.69, 9.17) is 10.5 Å². The number of guanidine groups is 1. The molecule has 0 saturated heterocycles. The maximum Gasteiger partial charge on any atom is 0.192 e. The molecule has 1 rings (SSSR count). The van der Waals surface area contributed by atoms with Gasteiger partial charge in [0.2, 0.25) is 0 Å². The number of nitrogens with zero attached hydrogens (tertiary/aromatic N) is 2. The molecule has 82 valence electrons. The largest absolute Gasteiger partial charge is 0.379 e. The van der Waals surface area contributed by atoms with E-state index in [-0.39, 0.29) is 11.6 Å². The average molecular weight is 199 g/mol. The number of methoxy groups -OCH3 is 1. The van der Waals surface area contributed by atoms with Crippen molar-refractivity contribution in [3.05, 3.63) is 0 Å². The second-order valence-electron chi connectivity index (χ2n) is 4.37. The molecule has 0 aromatic heterocycles. The van der Waals surface area contributed by atoms with Crippen molar-refractivity contribution < 1.29 is 4.74 Å². The van der Waals surface area contributed by atoms with Crippen LogP contribution in [0.3, 0.4) is 0 Å². The molecular formula is C10H21N3O. The maximum absolute atomic E-state index is 5.87. The Hall–Kier alpha value is -0.770. The minimum absolute atomic E-state index is 0.104. The van der Waals surface area contributed by atoms with Gasteiger partial charge in [0.05, 0.1) is 18.2 Å². The number of hydrogen-bond donors (Lipinski definition) is 1. The summed E-state index contributed by atoms with van der Waals surface area (Å²) in [6.07, 6.45) is 0.120. The van der Waals surface area contributed by atoms with Gasteiger partial charge in [-0.2, -0.15) is 0 Å². The molecule has 0 spiro atoms. The van der Waals surface area contributed by atoms with Crippen LogP contribution in [0.25, 0.3) is 0 Å². The van der Waals surface area contributed by atoms with Crippen molar-refractivity contribution in [3.8, 4) is 0 Å². The summed E-state index contributed by atoms with van der Waals surface area (Å²) in [4.78, 5) is 6.44. The molecule has 2 unspecified atom stereocenters. The quantitative estimate of drug-likeness (QED) is 0.732. The van der Waals surface area contributed by atoms with E-state index in [1.54, 1.807) is 7.11 Å². The normalized spacial score (nSPS) is 29.6. The van der Waals surface area contributed by atoms with E-state index in [0.29, 0.717) is 18.5 Å². The molecule has 1 heterocycles. The fraction of sp³-hybridized carbons (Fsp3) is 0.900. The summed E-state index contributed by atoms with van der Waals surface area (Å²) in [7, 11) is 1.73. The molecule has 14 heavy (non-hydrogen) atoms. The number of hydrogen-bond acceptors (Lipinski definition) is 4. The fourth-order valence-corrected chi connectivity index (χ4v) is 2.09. The van der Waals surface area contributed by atoms with Crippen molar-refractivity contribution in [2.45, 2.75) is 45.4 Å². The molecule has 0 fully saturated rings. The van der Waals surface area contributed by atoms with E-state index >= 15 is 0 Å². The Morgan fingerprint density at radius 2 is 2.07 bits per heavy atom. The summed E-state index contributed by atoms with van der Waals surface area (Å²) in [6, 6.07) is 0.351. The van der Waals surface area contributed by atoms with Gasteiger partial charge in [-0.15, -0.1) is 0 Å². The number of aliphatic imine (C=N–C) groups is 1. The van der Waals surface area contributed by atoms with Crippen molar-refractivity contribution in [2.24, 2.45) is 10.7 Å². The van der Waals surface area contributed by atoms with Crippen LogP contribution < -0.4 is 5.73 Å². The fourth-order valence-electron chi connectivity index (χ4n) is 2.09. The van der Waals surface area contributed by atoms with Gasteiger partial charge < -0.3 is 15.4 Å². The Balaban J connectivity index is 2.91. The van der Waals surface area contributed by atoms with Crippen LogP contribution in [0.15, 0.2) is 4.99 Å². The smallest absolute Gasteiger partial charge is 0.192 e. The summed E-state index contributed by atoms with van der Waals surface area (Å²) in [6.45, 7) is 9.16. The highest BCUT2D eigenvalue weighted by molar-refractivity contribution is 5.81. The highest BCUT2D eigenvalue weighted by Gasteiger charge is 2.43. The molecule has 1 aliphatic heterocycles. The van der Waals surface area contributed by atoms with Crippen LogP contribution in [-0.4, -0.2) is 42.2 Å². The lowest BCUT2D eigenvalue weighted by molar-refractivity contribution is -0.00250. The number of ether oxygens (including phenoxy) is 1. The standard InChI is InChI=1S/C10H21N3O/c1-7(2)13-9(11)12-6-10(13,4)8(3)14-5/h7-8H,6H2,1-5H3,(H2,11,12). The summed E-state index contributed by atoms with van der Waals surface area (Å²) >= 11 is 0. The first-order valence-corrected chi connectivity index (χ1v) is 5.05. The summed E-state index contributed by atoms with van der Waals surface area (Å²) < 4.78 is 5.40. The van der Waals surface area contributed by atoms with E-state index < -0.39 is 0 Å². The molecular weight excluding hydrogens is 178 g/mol. The number of rotatable bonds is 3. The third-order valence-corrected chi connectivity index (χ3v) is 3.10. The van der Waals surface area contributed by atoms with Crippen LogP contribution in [0.1, 0.15) is 27.7 Å². The van der Waals surface area contributed by atoms with Crippen LogP contribution in [0.5, 0.6) is 0 Å². The Morgan fingerprint density at radius 3 is 2.50 bits per heavy atom. The first-order valence-electron chi connectivity index (χ1n) is 5.05. The van der Waals surface area contributed by atoms with Gasteiger partial charge in [-0.25, -0.2) is 0 Å². The molecule has 0 aromatic carbocycles. The van der Waals surface area contributed by atoms with Crippen LogP contribution in [0, 0.1) is 0 Å². The summed E-state index contributed by atoms with van der Waals surface area (Å²) in [5.74, 6) is 0.631. The van der Waals surface area contributed by atoms with E-state index in [1.165, 1.54) is 0 Å². The zero-order valence-corrected chi connectivity index (χ0v) is 9.74. The van der Waals surface area contributed by atoms with E-state index in [0.717, 1.165) is 0 Å². The molecule has 0 aliphatic carbocycles. The third-order valence-electron chi connectivity index (χ3n) is 3.10. The molecule has 0 aromatic rings. The van der Waals surface area contributed by atoms with Crippen LogP contribution in [0.2, 0.25) is 0 Å². The van der Waals surface area contributed by atoms with Crippen molar-refractivity contribution in [1.82, 2.24) is 4.90 Å². The van der Waals surface area contributed by atoms with Gasteiger partial charge in [0, 0.05) is 13.2 Å². The minimum atomic E-state index is -0.104. The molecule has 0 bridgehead atoms. The lowest BCUT2D eigenvalue weighted by Crippen LogP contribution is -2.58. The lowest BCUT2D eigenvalue weighted by atomic mass is 9.93. The zero-order chi connectivity index (χ0) is 10.9. The molecule has 4 nitrogen and oxygen atoms in total.